The van der Waals surface area contributed by atoms with Gasteiger partial charge in [-0.3, -0.25) is 9.79 Å². The quantitative estimate of drug-likeness (QED) is 0.670. The van der Waals surface area contributed by atoms with Crippen LogP contribution >= 0.6 is 27.3 Å². The predicted molar refractivity (Wildman–Crippen MR) is 116 cm³/mol. The van der Waals surface area contributed by atoms with Gasteiger partial charge in [-0.2, -0.15) is 4.98 Å². The zero-order valence-electron chi connectivity index (χ0n) is 15.4. The number of benzene rings is 1. The summed E-state index contributed by atoms with van der Waals surface area (Å²) < 4.78 is 6.11. The van der Waals surface area contributed by atoms with Crippen molar-refractivity contribution in [2.75, 3.05) is 24.6 Å². The van der Waals surface area contributed by atoms with E-state index in [2.05, 4.69) is 30.8 Å². The first kappa shape index (κ1) is 19.1. The van der Waals surface area contributed by atoms with E-state index in [0.29, 0.717) is 11.5 Å². The highest BCUT2D eigenvalue weighted by Crippen LogP contribution is 2.39. The minimum atomic E-state index is -0.111. The molecule has 28 heavy (non-hydrogen) atoms. The second-order valence-corrected chi connectivity index (χ2v) is 8.64. The Morgan fingerprint density at radius 2 is 2.21 bits per heavy atom. The van der Waals surface area contributed by atoms with Gasteiger partial charge in [-0.1, -0.05) is 27.3 Å². The number of esters is 1. The molecule has 146 valence electrons. The topological polar surface area (TPSA) is 75.0 Å². The van der Waals surface area contributed by atoms with Gasteiger partial charge in [0, 0.05) is 34.9 Å². The van der Waals surface area contributed by atoms with Crippen LogP contribution in [0.4, 0.5) is 10.8 Å². The number of anilines is 1. The van der Waals surface area contributed by atoms with Crippen LogP contribution in [-0.2, 0) is 9.53 Å². The number of hydrogen-bond donors (Lipinski definition) is 1. The van der Waals surface area contributed by atoms with Gasteiger partial charge in [0.1, 0.15) is 0 Å². The minimum Gasteiger partial charge on any atom is -0.492 e. The molecule has 1 saturated heterocycles. The number of hydrogen-bond acceptors (Lipinski definition) is 7. The van der Waals surface area contributed by atoms with E-state index in [9.17, 15) is 9.90 Å². The summed E-state index contributed by atoms with van der Waals surface area (Å²) in [5, 5.41) is 11.1. The molecule has 3 heterocycles. The first-order valence-electron chi connectivity index (χ1n) is 9.22. The molecule has 1 aromatic carbocycles. The molecule has 1 aromatic heterocycles. The molecule has 8 heteroatoms. The average Bonchev–Trinajstić information content (AvgIpc) is 3.26. The summed E-state index contributed by atoms with van der Waals surface area (Å²) in [5.41, 5.74) is 2.89. The fraction of sp³-hybridized carbons (Fsp3) is 0.350. The fourth-order valence-electron chi connectivity index (χ4n) is 3.43. The Labute approximate surface area is 175 Å². The second-order valence-electron chi connectivity index (χ2n) is 6.72. The maximum Gasteiger partial charge on any atom is 0.309 e. The number of ether oxygens (including phenoxy) is 1. The normalized spacial score (nSPS) is 17.9. The molecule has 1 fully saturated rings. The monoisotopic (exact) mass is 461 g/mol. The van der Waals surface area contributed by atoms with Crippen molar-refractivity contribution in [3.05, 3.63) is 33.1 Å². The van der Waals surface area contributed by atoms with Gasteiger partial charge in [0.2, 0.25) is 5.88 Å². The molecule has 0 amide bonds. The van der Waals surface area contributed by atoms with Crippen molar-refractivity contribution in [2.45, 2.75) is 19.8 Å². The van der Waals surface area contributed by atoms with Crippen LogP contribution in [0.2, 0.25) is 0 Å². The third kappa shape index (κ3) is 3.84. The summed E-state index contributed by atoms with van der Waals surface area (Å²) in [6, 6.07) is 5.94. The summed E-state index contributed by atoms with van der Waals surface area (Å²) in [7, 11) is 0. The number of carbonyl (C=O) groups is 1. The van der Waals surface area contributed by atoms with Gasteiger partial charge in [-0.15, -0.1) is 0 Å². The highest BCUT2D eigenvalue weighted by Gasteiger charge is 2.28. The Kier molecular flexibility index (Phi) is 5.50. The van der Waals surface area contributed by atoms with Gasteiger partial charge in [0.05, 0.1) is 23.1 Å². The molecule has 1 N–H and O–H groups in total. The van der Waals surface area contributed by atoms with Crippen molar-refractivity contribution in [3.8, 4) is 5.88 Å². The van der Waals surface area contributed by atoms with E-state index >= 15 is 0 Å². The molecule has 2 aliphatic heterocycles. The summed E-state index contributed by atoms with van der Waals surface area (Å²) in [6.45, 7) is 3.70. The van der Waals surface area contributed by atoms with E-state index in [1.807, 2.05) is 31.2 Å². The molecular formula is C20H20BrN3O3S. The van der Waals surface area contributed by atoms with Gasteiger partial charge in [-0.05, 0) is 44.0 Å². The van der Waals surface area contributed by atoms with Gasteiger partial charge in [0.25, 0.3) is 0 Å². The third-order valence-corrected chi connectivity index (χ3v) is 6.45. The van der Waals surface area contributed by atoms with E-state index in [-0.39, 0.29) is 17.8 Å². The molecule has 6 nitrogen and oxygen atoms in total. The van der Waals surface area contributed by atoms with Crippen molar-refractivity contribution < 1.29 is 14.6 Å². The Morgan fingerprint density at radius 1 is 1.43 bits per heavy atom. The van der Waals surface area contributed by atoms with Crippen LogP contribution in [0.1, 0.15) is 30.2 Å². The maximum absolute atomic E-state index is 11.9. The van der Waals surface area contributed by atoms with Crippen molar-refractivity contribution >= 4 is 61.9 Å². The Balaban J connectivity index is 1.50. The molecule has 2 aromatic rings. The lowest BCUT2D eigenvalue weighted by atomic mass is 9.97. The highest BCUT2D eigenvalue weighted by molar-refractivity contribution is 9.10. The van der Waals surface area contributed by atoms with E-state index in [1.54, 1.807) is 6.21 Å². The van der Waals surface area contributed by atoms with Crippen molar-refractivity contribution in [1.82, 2.24) is 4.98 Å². The SMILES string of the molecule is CCOC(=O)C1CCN(c2nc(O)c(/C=C3\C=Nc4ccc(Br)cc43)s2)CC1. The van der Waals surface area contributed by atoms with Crippen molar-refractivity contribution in [2.24, 2.45) is 10.9 Å². The predicted octanol–water partition coefficient (Wildman–Crippen LogP) is 4.65. The first-order chi connectivity index (χ1) is 13.5. The van der Waals surface area contributed by atoms with Crippen LogP contribution in [0.5, 0.6) is 5.88 Å². The van der Waals surface area contributed by atoms with E-state index in [4.69, 9.17) is 4.74 Å². The van der Waals surface area contributed by atoms with Crippen LogP contribution in [0.15, 0.2) is 27.7 Å². The molecule has 0 radical (unpaired) electrons. The number of allylic oxidation sites excluding steroid dienone is 1. The number of thiazole rings is 1. The zero-order chi connectivity index (χ0) is 19.7. The average molecular weight is 462 g/mol. The molecule has 2 aliphatic rings. The fourth-order valence-corrected chi connectivity index (χ4v) is 4.75. The van der Waals surface area contributed by atoms with Crippen LogP contribution in [0.25, 0.3) is 11.6 Å². The number of nitrogens with zero attached hydrogens (tertiary/aromatic N) is 3. The maximum atomic E-state index is 11.9. The number of aromatic hydroxyl groups is 1. The van der Waals surface area contributed by atoms with Gasteiger partial charge >= 0.3 is 5.97 Å². The molecule has 0 spiro atoms. The lowest BCUT2D eigenvalue weighted by molar-refractivity contribution is -0.148. The number of piperidine rings is 1. The number of halogens is 1. The minimum absolute atomic E-state index is 0.0249. The second kappa shape index (κ2) is 8.05. The van der Waals surface area contributed by atoms with Gasteiger partial charge < -0.3 is 14.7 Å². The van der Waals surface area contributed by atoms with Crippen molar-refractivity contribution in [3.63, 3.8) is 0 Å². The number of aromatic nitrogens is 1. The van der Waals surface area contributed by atoms with Crippen LogP contribution < -0.4 is 4.90 Å². The van der Waals surface area contributed by atoms with Crippen LogP contribution in [0, 0.1) is 5.92 Å². The smallest absolute Gasteiger partial charge is 0.309 e. The Bertz CT molecular complexity index is 962. The molecule has 0 bridgehead atoms. The molecule has 0 saturated carbocycles. The highest BCUT2D eigenvalue weighted by atomic mass is 79.9. The van der Waals surface area contributed by atoms with E-state index in [0.717, 1.165) is 52.4 Å². The molecule has 0 atom stereocenters. The van der Waals surface area contributed by atoms with E-state index in [1.165, 1.54) is 11.3 Å². The summed E-state index contributed by atoms with van der Waals surface area (Å²) in [5.74, 6) is -0.132. The number of aliphatic imine (C=N–C) groups is 1. The molecule has 4 rings (SSSR count). The largest absolute Gasteiger partial charge is 0.492 e. The summed E-state index contributed by atoms with van der Waals surface area (Å²) in [6.07, 6.45) is 5.21. The lowest BCUT2D eigenvalue weighted by Crippen LogP contribution is -2.36. The first-order valence-corrected chi connectivity index (χ1v) is 10.8. The zero-order valence-corrected chi connectivity index (χ0v) is 17.8. The standard InChI is InChI=1S/C20H20BrN3O3S/c1-2-27-19(26)12-5-7-24(8-6-12)20-23-18(25)17(28-20)9-13-11-22-16-4-3-14(21)10-15(13)16/h3-4,9-12,25H,2,5-8H2,1H3/b13-9+. The van der Waals surface area contributed by atoms with Crippen LogP contribution in [-0.4, -0.2) is 42.0 Å². The van der Waals surface area contributed by atoms with Crippen molar-refractivity contribution in [1.29, 1.82) is 0 Å². The van der Waals surface area contributed by atoms with Gasteiger partial charge in [-0.25, -0.2) is 0 Å². The Morgan fingerprint density at radius 3 is 2.96 bits per heavy atom. The third-order valence-electron chi connectivity index (χ3n) is 4.91. The van der Waals surface area contributed by atoms with E-state index < -0.39 is 0 Å². The number of fused-ring (bicyclic) bond motifs is 1. The molecule has 0 aliphatic carbocycles. The summed E-state index contributed by atoms with van der Waals surface area (Å²) in [4.78, 5) is 23.5. The lowest BCUT2D eigenvalue weighted by Gasteiger charge is -2.30. The van der Waals surface area contributed by atoms with Gasteiger partial charge in [0.15, 0.2) is 5.13 Å². The summed E-state index contributed by atoms with van der Waals surface area (Å²) >= 11 is 4.94. The molecule has 0 unspecified atom stereocenters. The van der Waals surface area contributed by atoms with Crippen LogP contribution in [0.3, 0.4) is 0 Å². The number of rotatable bonds is 4. The molecular weight excluding hydrogens is 442 g/mol. The Hall–Kier alpha value is -2.19. The number of carbonyl (C=O) groups excluding carboxylic acids is 1.